The van der Waals surface area contributed by atoms with Gasteiger partial charge in [0, 0.05) is 25.8 Å². The topological polar surface area (TPSA) is 45.3 Å². The van der Waals surface area contributed by atoms with E-state index in [9.17, 15) is 4.79 Å². The third-order valence-corrected chi connectivity index (χ3v) is 6.50. The van der Waals surface area contributed by atoms with Gasteiger partial charge in [-0.15, -0.1) is 0 Å². The molecule has 0 radical (unpaired) electrons. The molecule has 4 nitrogen and oxygen atoms in total. The van der Waals surface area contributed by atoms with Crippen LogP contribution in [-0.4, -0.2) is 36.5 Å². The zero-order valence-electron chi connectivity index (χ0n) is 22.0. The Morgan fingerprint density at radius 3 is 2.38 bits per heavy atom. The Morgan fingerprint density at radius 1 is 0.892 bits per heavy atom. The summed E-state index contributed by atoms with van der Waals surface area (Å²) in [5, 5.41) is 1.21. The molecule has 4 heteroatoms. The normalized spacial score (nSPS) is 12.1. The number of likely N-dealkylation sites (N-methyl/N-ethyl adjacent to an activating group) is 1. The average Bonchev–Trinajstić information content (AvgIpc) is 3.40. The number of amides is 1. The molecule has 1 heterocycles. The number of ether oxygens (including phenoxy) is 1. The number of unbranched alkanes of at least 4 members (excludes halogenated alkanes) is 2. The number of aromatic nitrogens is 1. The van der Waals surface area contributed by atoms with Crippen LogP contribution in [0.1, 0.15) is 49.3 Å². The van der Waals surface area contributed by atoms with E-state index in [-0.39, 0.29) is 5.91 Å². The van der Waals surface area contributed by atoms with Gasteiger partial charge < -0.3 is 14.6 Å². The lowest BCUT2D eigenvalue weighted by molar-refractivity contribution is -0.123. The van der Waals surface area contributed by atoms with E-state index in [1.165, 1.54) is 33.2 Å². The number of aromatic amines is 1. The highest BCUT2D eigenvalue weighted by molar-refractivity contribution is 6.00. The van der Waals surface area contributed by atoms with Gasteiger partial charge in [-0.3, -0.25) is 4.79 Å². The van der Waals surface area contributed by atoms with Crippen LogP contribution in [0.3, 0.4) is 0 Å². The third-order valence-electron chi connectivity index (χ3n) is 6.50. The van der Waals surface area contributed by atoms with Gasteiger partial charge in [0.25, 0.3) is 0 Å². The van der Waals surface area contributed by atoms with Crippen LogP contribution >= 0.6 is 0 Å². The van der Waals surface area contributed by atoms with Crippen molar-refractivity contribution in [2.45, 2.75) is 32.6 Å². The molecule has 190 valence electrons. The Labute approximate surface area is 220 Å². The first-order valence-corrected chi connectivity index (χ1v) is 13.0. The van der Waals surface area contributed by atoms with Crippen LogP contribution in [-0.2, 0) is 4.79 Å². The number of nitrogens with one attached hydrogen (secondary N) is 1. The van der Waals surface area contributed by atoms with Gasteiger partial charge in [0.2, 0.25) is 5.91 Å². The van der Waals surface area contributed by atoms with E-state index in [1.807, 2.05) is 12.3 Å². The van der Waals surface area contributed by atoms with E-state index in [2.05, 4.69) is 90.8 Å². The Bertz CT molecular complexity index is 1360. The van der Waals surface area contributed by atoms with Crippen molar-refractivity contribution in [1.29, 1.82) is 0 Å². The SMILES string of the molecule is CC/C(=C(/c1ccc(OCCCC/C=C/C(=O)N(C)C)cc1)c1ccc2[nH]ccc2c1)c1ccccc1. The summed E-state index contributed by atoms with van der Waals surface area (Å²) in [5.41, 5.74) is 7.36. The molecule has 0 unspecified atom stereocenters. The Hall–Kier alpha value is -4.05. The van der Waals surface area contributed by atoms with Crippen LogP contribution in [0, 0.1) is 0 Å². The third kappa shape index (κ3) is 6.79. The van der Waals surface area contributed by atoms with E-state index in [0.717, 1.165) is 36.9 Å². The Balaban J connectivity index is 1.50. The molecule has 1 aromatic heterocycles. The van der Waals surface area contributed by atoms with Crippen molar-refractivity contribution < 1.29 is 9.53 Å². The van der Waals surface area contributed by atoms with Gasteiger partial charge in [-0.1, -0.05) is 61.5 Å². The van der Waals surface area contributed by atoms with Crippen LogP contribution < -0.4 is 4.74 Å². The highest BCUT2D eigenvalue weighted by Gasteiger charge is 2.14. The smallest absolute Gasteiger partial charge is 0.245 e. The molecule has 1 amide bonds. The van der Waals surface area contributed by atoms with Crippen molar-refractivity contribution in [2.24, 2.45) is 0 Å². The van der Waals surface area contributed by atoms with Crippen molar-refractivity contribution in [3.63, 3.8) is 0 Å². The molecular formula is C33H36N2O2. The van der Waals surface area contributed by atoms with Gasteiger partial charge in [0.1, 0.15) is 5.75 Å². The number of nitrogens with zero attached hydrogens (tertiary/aromatic N) is 1. The number of hydrogen-bond acceptors (Lipinski definition) is 2. The summed E-state index contributed by atoms with van der Waals surface area (Å²) in [5.74, 6) is 0.900. The van der Waals surface area contributed by atoms with Gasteiger partial charge in [0.05, 0.1) is 6.61 Å². The minimum atomic E-state index is 0.0243. The summed E-state index contributed by atoms with van der Waals surface area (Å²) < 4.78 is 6.01. The van der Waals surface area contributed by atoms with Gasteiger partial charge in [-0.05, 0) is 95.3 Å². The highest BCUT2D eigenvalue weighted by atomic mass is 16.5. The molecule has 0 saturated carbocycles. The van der Waals surface area contributed by atoms with Crippen LogP contribution in [0.15, 0.2) is 97.2 Å². The number of benzene rings is 3. The number of carbonyl (C=O) groups excluding carboxylic acids is 1. The van der Waals surface area contributed by atoms with E-state index < -0.39 is 0 Å². The van der Waals surface area contributed by atoms with Crippen LogP contribution in [0.5, 0.6) is 5.75 Å². The summed E-state index contributed by atoms with van der Waals surface area (Å²) in [6.07, 6.45) is 9.30. The molecule has 3 aromatic carbocycles. The summed E-state index contributed by atoms with van der Waals surface area (Å²) >= 11 is 0. The van der Waals surface area contributed by atoms with Crippen LogP contribution in [0.25, 0.3) is 22.0 Å². The molecule has 0 fully saturated rings. The Morgan fingerprint density at radius 2 is 1.65 bits per heavy atom. The second kappa shape index (κ2) is 12.8. The number of allylic oxidation sites excluding steroid dienone is 2. The van der Waals surface area contributed by atoms with Gasteiger partial charge in [0.15, 0.2) is 0 Å². The zero-order valence-corrected chi connectivity index (χ0v) is 22.0. The van der Waals surface area contributed by atoms with Crippen molar-refractivity contribution in [3.8, 4) is 5.75 Å². The van der Waals surface area contributed by atoms with Gasteiger partial charge in [-0.2, -0.15) is 0 Å². The molecule has 4 aromatic rings. The molecule has 0 aliphatic heterocycles. The van der Waals surface area contributed by atoms with E-state index in [4.69, 9.17) is 4.74 Å². The first-order chi connectivity index (χ1) is 18.1. The summed E-state index contributed by atoms with van der Waals surface area (Å²) in [4.78, 5) is 16.5. The number of carbonyl (C=O) groups is 1. The number of fused-ring (bicyclic) bond motifs is 1. The van der Waals surface area contributed by atoms with E-state index in [0.29, 0.717) is 6.61 Å². The second-order valence-electron chi connectivity index (χ2n) is 9.36. The fraction of sp³-hybridized carbons (Fsp3) is 0.242. The molecule has 4 rings (SSSR count). The zero-order chi connectivity index (χ0) is 26.0. The quantitative estimate of drug-likeness (QED) is 0.132. The van der Waals surface area contributed by atoms with Crippen molar-refractivity contribution >= 4 is 28.0 Å². The number of H-pyrrole nitrogens is 1. The van der Waals surface area contributed by atoms with E-state index in [1.54, 1.807) is 25.1 Å². The molecule has 0 aliphatic rings. The van der Waals surface area contributed by atoms with Crippen molar-refractivity contribution in [2.75, 3.05) is 20.7 Å². The molecule has 0 bridgehead atoms. The minimum absolute atomic E-state index is 0.0243. The lowest BCUT2D eigenvalue weighted by Crippen LogP contribution is -2.18. The first kappa shape index (κ1) is 26.0. The standard InChI is InChI=1S/C33H36N2O2/c1-4-30(25-12-8-7-9-13-25)33(28-17-20-31-27(24-28)21-22-34-31)26-15-18-29(19-16-26)37-23-11-6-5-10-14-32(36)35(2)3/h7-10,12-22,24,34H,4-6,11,23H2,1-3H3/b14-10+,33-30+. The predicted octanol–water partition coefficient (Wildman–Crippen LogP) is 7.73. The number of hydrogen-bond donors (Lipinski definition) is 1. The molecule has 37 heavy (non-hydrogen) atoms. The van der Waals surface area contributed by atoms with E-state index >= 15 is 0 Å². The van der Waals surface area contributed by atoms with Crippen LogP contribution in [0.4, 0.5) is 0 Å². The average molecular weight is 493 g/mol. The lowest BCUT2D eigenvalue weighted by Gasteiger charge is -2.17. The summed E-state index contributed by atoms with van der Waals surface area (Å²) in [6, 6.07) is 27.9. The highest BCUT2D eigenvalue weighted by Crippen LogP contribution is 2.36. The maximum absolute atomic E-state index is 11.6. The predicted molar refractivity (Wildman–Crippen MR) is 155 cm³/mol. The molecule has 1 N–H and O–H groups in total. The second-order valence-corrected chi connectivity index (χ2v) is 9.36. The largest absolute Gasteiger partial charge is 0.494 e. The molecule has 0 atom stereocenters. The maximum Gasteiger partial charge on any atom is 0.245 e. The molecule has 0 aliphatic carbocycles. The number of rotatable bonds is 11. The van der Waals surface area contributed by atoms with Gasteiger partial charge >= 0.3 is 0 Å². The molecular weight excluding hydrogens is 456 g/mol. The summed E-state index contributed by atoms with van der Waals surface area (Å²) in [7, 11) is 3.52. The first-order valence-electron chi connectivity index (χ1n) is 13.0. The fourth-order valence-electron chi connectivity index (χ4n) is 4.49. The van der Waals surface area contributed by atoms with Gasteiger partial charge in [-0.25, -0.2) is 0 Å². The molecule has 0 spiro atoms. The summed E-state index contributed by atoms with van der Waals surface area (Å²) in [6.45, 7) is 2.88. The monoisotopic (exact) mass is 492 g/mol. The minimum Gasteiger partial charge on any atom is -0.494 e. The molecule has 0 saturated heterocycles. The fourth-order valence-corrected chi connectivity index (χ4v) is 4.49. The maximum atomic E-state index is 11.6. The van der Waals surface area contributed by atoms with Crippen LogP contribution in [0.2, 0.25) is 0 Å². The van der Waals surface area contributed by atoms with Crippen molar-refractivity contribution in [1.82, 2.24) is 9.88 Å². The van der Waals surface area contributed by atoms with Crippen molar-refractivity contribution in [3.05, 3.63) is 114 Å². The Kier molecular flexibility index (Phi) is 8.98. The lowest BCUT2D eigenvalue weighted by atomic mass is 9.88.